The predicted octanol–water partition coefficient (Wildman–Crippen LogP) is 2.74. The van der Waals surface area contributed by atoms with Crippen LogP contribution >= 0.6 is 0 Å². The maximum Gasteiger partial charge on any atom is 0.338 e. The van der Waals surface area contributed by atoms with Gasteiger partial charge < -0.3 is 10.1 Å². The molecule has 4 nitrogen and oxygen atoms in total. The number of amides is 1. The second-order valence-corrected chi connectivity index (χ2v) is 5.55. The van der Waals surface area contributed by atoms with Crippen LogP contribution in [0.3, 0.4) is 0 Å². The van der Waals surface area contributed by atoms with E-state index in [1.165, 1.54) is 0 Å². The van der Waals surface area contributed by atoms with Crippen LogP contribution in [0.5, 0.6) is 0 Å². The Morgan fingerprint density at radius 3 is 2.20 bits per heavy atom. The number of ether oxygens (including phenoxy) is 1. The van der Waals surface area contributed by atoms with Gasteiger partial charge in [0.2, 0.25) is 0 Å². The van der Waals surface area contributed by atoms with Crippen LogP contribution in [0.1, 0.15) is 49.5 Å². The Hall–Kier alpha value is -1.84. The van der Waals surface area contributed by atoms with E-state index >= 15 is 0 Å². The summed E-state index contributed by atoms with van der Waals surface area (Å²) in [5.74, 6) is 0.0472. The van der Waals surface area contributed by atoms with Gasteiger partial charge >= 0.3 is 5.97 Å². The molecule has 4 heteroatoms. The SMILES string of the molecule is CC(C)CNC(=O)COC(=O)c1ccc(C(C)C)cc1. The van der Waals surface area contributed by atoms with Crippen molar-refractivity contribution in [2.75, 3.05) is 13.2 Å². The molecule has 1 rings (SSSR count). The zero-order valence-corrected chi connectivity index (χ0v) is 12.6. The van der Waals surface area contributed by atoms with Crippen molar-refractivity contribution in [1.82, 2.24) is 5.32 Å². The molecule has 0 aromatic heterocycles. The van der Waals surface area contributed by atoms with Gasteiger partial charge in [0.1, 0.15) is 0 Å². The van der Waals surface area contributed by atoms with Gasteiger partial charge in [-0.1, -0.05) is 39.8 Å². The van der Waals surface area contributed by atoms with Crippen molar-refractivity contribution in [3.8, 4) is 0 Å². The second-order valence-electron chi connectivity index (χ2n) is 5.55. The monoisotopic (exact) mass is 277 g/mol. The van der Waals surface area contributed by atoms with Gasteiger partial charge in [-0.2, -0.15) is 0 Å². The zero-order valence-electron chi connectivity index (χ0n) is 12.6. The molecule has 0 aliphatic rings. The number of hydrogen-bond acceptors (Lipinski definition) is 3. The molecule has 0 radical (unpaired) electrons. The standard InChI is InChI=1S/C16H23NO3/c1-11(2)9-17-15(18)10-20-16(19)14-7-5-13(6-8-14)12(3)4/h5-8,11-12H,9-10H2,1-4H3,(H,17,18). The summed E-state index contributed by atoms with van der Waals surface area (Å²) >= 11 is 0. The third-order valence-electron chi connectivity index (χ3n) is 2.85. The van der Waals surface area contributed by atoms with Crippen LogP contribution in [-0.4, -0.2) is 25.0 Å². The molecular weight excluding hydrogens is 254 g/mol. The molecule has 0 aliphatic heterocycles. The Morgan fingerprint density at radius 2 is 1.70 bits per heavy atom. The molecule has 0 spiro atoms. The average Bonchev–Trinajstić information content (AvgIpc) is 2.42. The van der Waals surface area contributed by atoms with Crippen molar-refractivity contribution in [1.29, 1.82) is 0 Å². The Balaban J connectivity index is 2.44. The van der Waals surface area contributed by atoms with Gasteiger partial charge in [0.25, 0.3) is 5.91 Å². The maximum absolute atomic E-state index is 11.8. The van der Waals surface area contributed by atoms with Crippen LogP contribution in [0.25, 0.3) is 0 Å². The highest BCUT2D eigenvalue weighted by Gasteiger charge is 2.10. The van der Waals surface area contributed by atoms with Crippen LogP contribution in [0.2, 0.25) is 0 Å². The molecule has 20 heavy (non-hydrogen) atoms. The Labute approximate surface area is 120 Å². The van der Waals surface area contributed by atoms with E-state index in [0.29, 0.717) is 23.9 Å². The van der Waals surface area contributed by atoms with Crippen LogP contribution in [0, 0.1) is 5.92 Å². The van der Waals surface area contributed by atoms with Crippen molar-refractivity contribution in [3.63, 3.8) is 0 Å². The van der Waals surface area contributed by atoms with Crippen LogP contribution in [0.15, 0.2) is 24.3 Å². The molecule has 0 fully saturated rings. The molecule has 0 saturated heterocycles. The summed E-state index contributed by atoms with van der Waals surface area (Å²) < 4.78 is 4.97. The van der Waals surface area contributed by atoms with Crippen LogP contribution in [0.4, 0.5) is 0 Å². The first-order valence-corrected chi connectivity index (χ1v) is 6.94. The normalized spacial score (nSPS) is 10.7. The Morgan fingerprint density at radius 1 is 1.10 bits per heavy atom. The molecular formula is C16H23NO3. The average molecular weight is 277 g/mol. The summed E-state index contributed by atoms with van der Waals surface area (Å²) in [6.07, 6.45) is 0. The summed E-state index contributed by atoms with van der Waals surface area (Å²) in [5, 5.41) is 2.70. The zero-order chi connectivity index (χ0) is 15.1. The first kappa shape index (κ1) is 16.2. The van der Waals surface area contributed by atoms with E-state index < -0.39 is 5.97 Å². The van der Waals surface area contributed by atoms with E-state index in [4.69, 9.17) is 4.74 Å². The van der Waals surface area contributed by atoms with E-state index in [9.17, 15) is 9.59 Å². The third kappa shape index (κ3) is 5.43. The van der Waals surface area contributed by atoms with E-state index in [1.807, 2.05) is 26.0 Å². The minimum Gasteiger partial charge on any atom is -0.452 e. The maximum atomic E-state index is 11.8. The fourth-order valence-electron chi connectivity index (χ4n) is 1.59. The van der Waals surface area contributed by atoms with E-state index in [0.717, 1.165) is 5.56 Å². The van der Waals surface area contributed by atoms with Gasteiger partial charge in [-0.15, -0.1) is 0 Å². The van der Waals surface area contributed by atoms with Crippen LogP contribution in [-0.2, 0) is 9.53 Å². The van der Waals surface area contributed by atoms with E-state index in [1.54, 1.807) is 12.1 Å². The molecule has 0 saturated carbocycles. The summed E-state index contributed by atoms with van der Waals surface area (Å²) in [5.41, 5.74) is 1.63. The first-order chi connectivity index (χ1) is 9.40. The number of benzene rings is 1. The van der Waals surface area contributed by atoms with E-state index in [2.05, 4.69) is 19.2 Å². The molecule has 0 heterocycles. The van der Waals surface area contributed by atoms with Crippen molar-refractivity contribution >= 4 is 11.9 Å². The molecule has 110 valence electrons. The van der Waals surface area contributed by atoms with Gasteiger partial charge in [0.05, 0.1) is 5.56 Å². The molecule has 0 atom stereocenters. The number of carbonyl (C=O) groups excluding carboxylic acids is 2. The highest BCUT2D eigenvalue weighted by molar-refractivity contribution is 5.91. The lowest BCUT2D eigenvalue weighted by molar-refractivity contribution is -0.124. The van der Waals surface area contributed by atoms with Gasteiger partial charge in [-0.3, -0.25) is 4.79 Å². The van der Waals surface area contributed by atoms with Crippen LogP contribution < -0.4 is 5.32 Å². The highest BCUT2D eigenvalue weighted by Crippen LogP contribution is 2.15. The number of carbonyl (C=O) groups is 2. The molecule has 1 amide bonds. The lowest BCUT2D eigenvalue weighted by Gasteiger charge is -2.09. The first-order valence-electron chi connectivity index (χ1n) is 6.94. The summed E-state index contributed by atoms with van der Waals surface area (Å²) in [6.45, 7) is 8.53. The van der Waals surface area contributed by atoms with Gasteiger partial charge in [0, 0.05) is 6.54 Å². The number of esters is 1. The fourth-order valence-corrected chi connectivity index (χ4v) is 1.59. The smallest absolute Gasteiger partial charge is 0.338 e. The summed E-state index contributed by atoms with van der Waals surface area (Å²) in [6, 6.07) is 7.26. The van der Waals surface area contributed by atoms with Crippen molar-refractivity contribution in [2.24, 2.45) is 5.92 Å². The minimum absolute atomic E-state index is 0.239. The molecule has 0 bridgehead atoms. The number of nitrogens with one attached hydrogen (secondary N) is 1. The molecule has 1 aromatic carbocycles. The largest absolute Gasteiger partial charge is 0.452 e. The number of rotatable bonds is 6. The quantitative estimate of drug-likeness (QED) is 0.813. The van der Waals surface area contributed by atoms with Crippen molar-refractivity contribution < 1.29 is 14.3 Å². The lowest BCUT2D eigenvalue weighted by Crippen LogP contribution is -2.31. The summed E-state index contributed by atoms with van der Waals surface area (Å²) in [4.78, 5) is 23.2. The number of hydrogen-bond donors (Lipinski definition) is 1. The van der Waals surface area contributed by atoms with Gasteiger partial charge in [-0.05, 0) is 29.5 Å². The third-order valence-corrected chi connectivity index (χ3v) is 2.85. The van der Waals surface area contributed by atoms with Crippen molar-refractivity contribution in [3.05, 3.63) is 35.4 Å². The molecule has 1 N–H and O–H groups in total. The van der Waals surface area contributed by atoms with Crippen molar-refractivity contribution in [2.45, 2.75) is 33.6 Å². The summed E-state index contributed by atoms with van der Waals surface area (Å²) in [7, 11) is 0. The highest BCUT2D eigenvalue weighted by atomic mass is 16.5. The molecule has 0 unspecified atom stereocenters. The Kier molecular flexibility index (Phi) is 6.22. The van der Waals surface area contributed by atoms with Gasteiger partial charge in [-0.25, -0.2) is 4.79 Å². The molecule has 0 aliphatic carbocycles. The van der Waals surface area contributed by atoms with E-state index in [-0.39, 0.29) is 12.5 Å². The topological polar surface area (TPSA) is 55.4 Å². The van der Waals surface area contributed by atoms with Gasteiger partial charge in [0.15, 0.2) is 6.61 Å². The molecule has 1 aromatic rings. The second kappa shape index (κ2) is 7.68. The fraction of sp³-hybridized carbons (Fsp3) is 0.500. The Bertz CT molecular complexity index is 449. The predicted molar refractivity (Wildman–Crippen MR) is 78.7 cm³/mol. The minimum atomic E-state index is -0.472. The lowest BCUT2D eigenvalue weighted by atomic mass is 10.0.